The predicted molar refractivity (Wildman–Crippen MR) is 65.6 cm³/mol. The third kappa shape index (κ3) is 2.69. The van der Waals surface area contributed by atoms with E-state index in [4.69, 9.17) is 0 Å². The molecular weight excluding hydrogens is 254 g/mol. The first-order valence-corrected chi connectivity index (χ1v) is 5.81. The van der Waals surface area contributed by atoms with Crippen molar-refractivity contribution < 1.29 is 14.3 Å². The third-order valence-corrected chi connectivity index (χ3v) is 2.64. The van der Waals surface area contributed by atoms with E-state index in [1.165, 1.54) is 13.2 Å². The number of nitrogens with zero attached hydrogens (tertiary/aromatic N) is 2. The molecule has 0 aliphatic carbocycles. The molecule has 0 aliphatic rings. The minimum absolute atomic E-state index is 0.239. The second kappa shape index (κ2) is 5.37. The number of hydrogen-bond donors (Lipinski definition) is 1. The van der Waals surface area contributed by atoms with Gasteiger partial charge >= 0.3 is 5.97 Å². The van der Waals surface area contributed by atoms with E-state index in [1.807, 2.05) is 0 Å². The normalized spacial score (nSPS) is 9.83. The summed E-state index contributed by atoms with van der Waals surface area (Å²) >= 11 is 1.09. The van der Waals surface area contributed by atoms with Crippen LogP contribution in [0.3, 0.4) is 0 Å². The van der Waals surface area contributed by atoms with Gasteiger partial charge in [-0.1, -0.05) is 10.6 Å². The highest BCUT2D eigenvalue weighted by atomic mass is 32.1. The topological polar surface area (TPSA) is 81.2 Å². The summed E-state index contributed by atoms with van der Waals surface area (Å²) < 4.78 is 8.20. The summed E-state index contributed by atoms with van der Waals surface area (Å²) in [6, 6.07) is 6.46. The van der Waals surface area contributed by atoms with Crippen LogP contribution in [0.1, 0.15) is 20.8 Å². The minimum atomic E-state index is -0.457. The molecule has 1 heterocycles. The number of carbonyl (C=O) groups excluding carboxylic acids is 2. The van der Waals surface area contributed by atoms with Gasteiger partial charge in [-0.15, -0.1) is 5.10 Å². The monoisotopic (exact) mass is 263 g/mol. The van der Waals surface area contributed by atoms with E-state index in [9.17, 15) is 9.59 Å². The Morgan fingerprint density at radius 3 is 2.89 bits per heavy atom. The molecule has 0 radical (unpaired) electrons. The van der Waals surface area contributed by atoms with Crippen molar-refractivity contribution in [3.63, 3.8) is 0 Å². The summed E-state index contributed by atoms with van der Waals surface area (Å²) in [5, 5.41) is 7.81. The van der Waals surface area contributed by atoms with Crippen molar-refractivity contribution in [3.05, 3.63) is 40.9 Å². The third-order valence-electron chi connectivity index (χ3n) is 2.13. The number of aromatic nitrogens is 2. The van der Waals surface area contributed by atoms with E-state index < -0.39 is 5.97 Å². The molecule has 0 unspecified atom stereocenters. The Morgan fingerprint density at radius 1 is 1.39 bits per heavy atom. The fourth-order valence-corrected chi connectivity index (χ4v) is 1.74. The highest BCUT2D eigenvalue weighted by Gasteiger charge is 2.10. The van der Waals surface area contributed by atoms with Crippen LogP contribution in [-0.4, -0.2) is 28.6 Å². The van der Waals surface area contributed by atoms with Crippen molar-refractivity contribution in [2.75, 3.05) is 12.4 Å². The van der Waals surface area contributed by atoms with Crippen LogP contribution in [0.25, 0.3) is 0 Å². The van der Waals surface area contributed by atoms with Crippen molar-refractivity contribution in [1.82, 2.24) is 9.59 Å². The van der Waals surface area contributed by atoms with Gasteiger partial charge in [0.1, 0.15) is 0 Å². The SMILES string of the molecule is COC(=O)c1cccc(NC(=O)c2csnn2)c1. The van der Waals surface area contributed by atoms with Gasteiger partial charge in [0.15, 0.2) is 5.69 Å². The summed E-state index contributed by atoms with van der Waals surface area (Å²) in [4.78, 5) is 23.0. The Balaban J connectivity index is 2.15. The van der Waals surface area contributed by atoms with E-state index in [-0.39, 0.29) is 11.6 Å². The van der Waals surface area contributed by atoms with Gasteiger partial charge in [-0.05, 0) is 29.7 Å². The lowest BCUT2D eigenvalue weighted by molar-refractivity contribution is 0.0600. The summed E-state index contributed by atoms with van der Waals surface area (Å²) in [5.74, 6) is -0.827. The fraction of sp³-hybridized carbons (Fsp3) is 0.0909. The second-order valence-electron chi connectivity index (χ2n) is 3.32. The van der Waals surface area contributed by atoms with E-state index in [2.05, 4.69) is 19.6 Å². The number of ether oxygens (including phenoxy) is 1. The molecule has 0 bridgehead atoms. The molecule has 0 saturated carbocycles. The number of nitrogens with one attached hydrogen (secondary N) is 1. The lowest BCUT2D eigenvalue weighted by atomic mass is 10.2. The van der Waals surface area contributed by atoms with Gasteiger partial charge in [0, 0.05) is 11.1 Å². The number of rotatable bonds is 3. The van der Waals surface area contributed by atoms with Crippen molar-refractivity contribution in [2.24, 2.45) is 0 Å². The number of hydrogen-bond acceptors (Lipinski definition) is 6. The van der Waals surface area contributed by atoms with Crippen LogP contribution in [-0.2, 0) is 4.74 Å². The second-order valence-corrected chi connectivity index (χ2v) is 3.93. The standard InChI is InChI=1S/C11H9N3O3S/c1-17-11(16)7-3-2-4-8(5-7)12-10(15)9-6-18-14-13-9/h2-6H,1H3,(H,12,15). The minimum Gasteiger partial charge on any atom is -0.465 e. The van der Waals surface area contributed by atoms with E-state index in [0.717, 1.165) is 11.5 Å². The maximum Gasteiger partial charge on any atom is 0.337 e. The molecule has 2 rings (SSSR count). The van der Waals surface area contributed by atoms with Crippen LogP contribution in [0.15, 0.2) is 29.6 Å². The molecule has 0 aliphatic heterocycles. The molecule has 7 heteroatoms. The van der Waals surface area contributed by atoms with Crippen LogP contribution in [0.4, 0.5) is 5.69 Å². The molecular formula is C11H9N3O3S. The lowest BCUT2D eigenvalue weighted by Gasteiger charge is -2.04. The number of amides is 1. The van der Waals surface area contributed by atoms with Gasteiger partial charge in [-0.25, -0.2) is 4.79 Å². The van der Waals surface area contributed by atoms with Crippen LogP contribution in [0, 0.1) is 0 Å². The van der Waals surface area contributed by atoms with Crippen LogP contribution < -0.4 is 5.32 Å². The molecule has 2 aromatic rings. The molecule has 1 aromatic heterocycles. The highest BCUT2D eigenvalue weighted by molar-refractivity contribution is 7.03. The van der Waals surface area contributed by atoms with Crippen LogP contribution >= 0.6 is 11.5 Å². The van der Waals surface area contributed by atoms with Gasteiger partial charge in [-0.2, -0.15) is 0 Å². The Kier molecular flexibility index (Phi) is 3.63. The molecule has 0 atom stereocenters. The Bertz CT molecular complexity index is 569. The largest absolute Gasteiger partial charge is 0.465 e. The maximum atomic E-state index is 11.7. The average molecular weight is 263 g/mol. The van der Waals surface area contributed by atoms with Crippen molar-refractivity contribution >= 4 is 29.1 Å². The van der Waals surface area contributed by atoms with Gasteiger partial charge in [0.05, 0.1) is 12.7 Å². The number of carbonyl (C=O) groups is 2. The Hall–Kier alpha value is -2.28. The Morgan fingerprint density at radius 2 is 2.22 bits per heavy atom. The summed E-state index contributed by atoms with van der Waals surface area (Å²) in [7, 11) is 1.30. The summed E-state index contributed by atoms with van der Waals surface area (Å²) in [5.41, 5.74) is 1.10. The molecule has 1 amide bonds. The molecule has 18 heavy (non-hydrogen) atoms. The molecule has 0 spiro atoms. The quantitative estimate of drug-likeness (QED) is 0.850. The number of benzene rings is 1. The van der Waals surface area contributed by atoms with Crippen molar-refractivity contribution in [3.8, 4) is 0 Å². The lowest BCUT2D eigenvalue weighted by Crippen LogP contribution is -2.13. The Labute approximate surface area is 107 Å². The van der Waals surface area contributed by atoms with Crippen LogP contribution in [0.5, 0.6) is 0 Å². The first kappa shape index (κ1) is 12.2. The van der Waals surface area contributed by atoms with Crippen molar-refractivity contribution in [2.45, 2.75) is 0 Å². The van der Waals surface area contributed by atoms with Crippen molar-refractivity contribution in [1.29, 1.82) is 0 Å². The number of anilines is 1. The number of esters is 1. The molecule has 0 saturated heterocycles. The first-order chi connectivity index (χ1) is 8.70. The van der Waals surface area contributed by atoms with Gasteiger partial charge < -0.3 is 10.1 Å². The van der Waals surface area contributed by atoms with Gasteiger partial charge in [0.2, 0.25) is 0 Å². The highest BCUT2D eigenvalue weighted by Crippen LogP contribution is 2.12. The average Bonchev–Trinajstić information content (AvgIpc) is 2.92. The zero-order valence-corrected chi connectivity index (χ0v) is 10.2. The summed E-state index contributed by atoms with van der Waals surface area (Å²) in [6.07, 6.45) is 0. The van der Waals surface area contributed by atoms with Crippen LogP contribution in [0.2, 0.25) is 0 Å². The molecule has 1 N–H and O–H groups in total. The van der Waals surface area contributed by atoms with E-state index in [1.54, 1.807) is 23.6 Å². The zero-order chi connectivity index (χ0) is 13.0. The fourth-order valence-electron chi connectivity index (χ4n) is 1.30. The molecule has 1 aromatic carbocycles. The molecule has 92 valence electrons. The number of methoxy groups -OCH3 is 1. The maximum absolute atomic E-state index is 11.7. The van der Waals surface area contributed by atoms with E-state index in [0.29, 0.717) is 11.3 Å². The van der Waals surface area contributed by atoms with Gasteiger partial charge in [-0.3, -0.25) is 4.79 Å². The summed E-state index contributed by atoms with van der Waals surface area (Å²) in [6.45, 7) is 0. The molecule has 0 fully saturated rings. The van der Waals surface area contributed by atoms with E-state index >= 15 is 0 Å². The molecule has 6 nitrogen and oxygen atoms in total. The first-order valence-electron chi connectivity index (χ1n) is 4.97. The van der Waals surface area contributed by atoms with Gasteiger partial charge in [0.25, 0.3) is 5.91 Å². The predicted octanol–water partition coefficient (Wildman–Crippen LogP) is 1.58. The zero-order valence-electron chi connectivity index (χ0n) is 9.41. The smallest absolute Gasteiger partial charge is 0.337 e.